The molecule has 2 heterocycles. The van der Waals surface area contributed by atoms with Gasteiger partial charge in [-0.3, -0.25) is 14.2 Å². The van der Waals surface area contributed by atoms with E-state index in [0.717, 1.165) is 23.3 Å². The van der Waals surface area contributed by atoms with Crippen LogP contribution in [0.5, 0.6) is 5.75 Å². The van der Waals surface area contributed by atoms with E-state index in [-0.39, 0.29) is 35.4 Å². The van der Waals surface area contributed by atoms with E-state index in [1.54, 1.807) is 24.9 Å². The average molecular weight is 474 g/mol. The number of pyridine rings is 1. The second-order valence-corrected chi connectivity index (χ2v) is 8.24. The van der Waals surface area contributed by atoms with Gasteiger partial charge in [-0.05, 0) is 49.4 Å². The van der Waals surface area contributed by atoms with Crippen LogP contribution in [0.3, 0.4) is 0 Å². The van der Waals surface area contributed by atoms with Gasteiger partial charge in [0.2, 0.25) is 5.91 Å². The predicted molar refractivity (Wildman–Crippen MR) is 121 cm³/mol. The first-order valence-corrected chi connectivity index (χ1v) is 10.7. The Hall–Kier alpha value is -3.23. The van der Waals surface area contributed by atoms with Crippen molar-refractivity contribution < 1.29 is 18.3 Å². The maximum absolute atomic E-state index is 13.9. The highest BCUT2D eigenvalue weighted by Gasteiger charge is 2.24. The van der Waals surface area contributed by atoms with Gasteiger partial charge in [-0.25, -0.2) is 8.78 Å². The van der Waals surface area contributed by atoms with Crippen molar-refractivity contribution in [1.82, 2.24) is 14.8 Å². The van der Waals surface area contributed by atoms with Crippen LogP contribution in [0.15, 0.2) is 47.3 Å². The van der Waals surface area contributed by atoms with Gasteiger partial charge in [-0.15, -0.1) is 0 Å². The second-order valence-electron chi connectivity index (χ2n) is 7.86. The summed E-state index contributed by atoms with van der Waals surface area (Å²) in [7, 11) is 1.72. The first kappa shape index (κ1) is 22.9. The molecule has 0 aliphatic carbocycles. The monoisotopic (exact) mass is 473 g/mol. The lowest BCUT2D eigenvalue weighted by atomic mass is 10.1. The maximum atomic E-state index is 13.9. The summed E-state index contributed by atoms with van der Waals surface area (Å²) in [4.78, 5) is 27.0. The van der Waals surface area contributed by atoms with Crippen LogP contribution in [0, 0.1) is 18.6 Å². The van der Waals surface area contributed by atoms with E-state index < -0.39 is 17.2 Å². The molecule has 3 aromatic rings. The Labute approximate surface area is 194 Å². The number of amides is 1. The Kier molecular flexibility index (Phi) is 6.49. The third-order valence-electron chi connectivity index (χ3n) is 5.55. The molecule has 1 amide bonds. The number of rotatable bonds is 6. The van der Waals surface area contributed by atoms with Gasteiger partial charge in [0, 0.05) is 42.2 Å². The van der Waals surface area contributed by atoms with Gasteiger partial charge in [0.25, 0.3) is 5.56 Å². The van der Waals surface area contributed by atoms with Crippen LogP contribution in [0.1, 0.15) is 22.4 Å². The molecular weight excluding hydrogens is 452 g/mol. The largest absolute Gasteiger partial charge is 0.487 e. The van der Waals surface area contributed by atoms with Gasteiger partial charge >= 0.3 is 0 Å². The quantitative estimate of drug-likeness (QED) is 0.592. The molecule has 0 spiro atoms. The van der Waals surface area contributed by atoms with Crippen molar-refractivity contribution in [2.45, 2.75) is 26.6 Å². The van der Waals surface area contributed by atoms with Crippen LogP contribution in [0.4, 0.5) is 8.78 Å². The highest BCUT2D eigenvalue weighted by molar-refractivity contribution is 6.31. The smallest absolute Gasteiger partial charge is 0.277 e. The summed E-state index contributed by atoms with van der Waals surface area (Å²) in [6.07, 6.45) is 0. The number of aryl methyl sites for hydroxylation is 1. The molecule has 1 aliphatic heterocycles. The Morgan fingerprint density at radius 2 is 1.88 bits per heavy atom. The minimum absolute atomic E-state index is 0.00531. The Bertz CT molecular complexity index is 1290. The topological polar surface area (TPSA) is 63.6 Å². The van der Waals surface area contributed by atoms with Crippen LogP contribution in [-0.4, -0.2) is 29.0 Å². The number of hydrogen-bond acceptors (Lipinski definition) is 4. The molecule has 0 saturated carbocycles. The van der Waals surface area contributed by atoms with Gasteiger partial charge in [0.1, 0.15) is 29.0 Å². The molecule has 6 nitrogen and oxygen atoms in total. The highest BCUT2D eigenvalue weighted by atomic mass is 35.5. The van der Waals surface area contributed by atoms with Crippen LogP contribution in [0.25, 0.3) is 5.69 Å². The molecule has 0 atom stereocenters. The molecule has 0 radical (unpaired) electrons. The summed E-state index contributed by atoms with van der Waals surface area (Å²) in [6, 6.07) is 10.4. The molecule has 1 N–H and O–H groups in total. The maximum Gasteiger partial charge on any atom is 0.277 e. The zero-order valence-electron chi connectivity index (χ0n) is 18.1. The number of carbonyl (C=O) groups excluding carboxylic acids is 1. The summed E-state index contributed by atoms with van der Waals surface area (Å²) >= 11 is 6.30. The van der Waals surface area contributed by atoms with Gasteiger partial charge in [-0.2, -0.15) is 0 Å². The fourth-order valence-corrected chi connectivity index (χ4v) is 4.05. The van der Waals surface area contributed by atoms with E-state index in [1.807, 2.05) is 18.2 Å². The Morgan fingerprint density at radius 1 is 1.12 bits per heavy atom. The lowest BCUT2D eigenvalue weighted by Crippen LogP contribution is -2.33. The van der Waals surface area contributed by atoms with E-state index in [0.29, 0.717) is 24.5 Å². The molecule has 1 aromatic heterocycles. The predicted octanol–water partition coefficient (Wildman–Crippen LogP) is 3.72. The van der Waals surface area contributed by atoms with E-state index in [9.17, 15) is 18.4 Å². The van der Waals surface area contributed by atoms with Crippen LogP contribution >= 0.6 is 11.6 Å². The molecule has 1 aliphatic rings. The summed E-state index contributed by atoms with van der Waals surface area (Å²) in [5, 5.41) is 2.72. The van der Waals surface area contributed by atoms with Crippen LogP contribution < -0.4 is 15.6 Å². The molecule has 0 bridgehead atoms. The standard InChI is InChI=1S/C24H22ClF2N3O3/c1-14-7-21(33-13-16-3-5-18(26)9-20(16)27)23(25)24(32)30(14)19-6-4-15-11-29(12-17(15)8-19)22(31)10-28-2/h3-9,28H,10-13H2,1-2H3. The molecule has 33 heavy (non-hydrogen) atoms. The highest BCUT2D eigenvalue weighted by Crippen LogP contribution is 2.28. The molecule has 0 saturated heterocycles. The number of benzene rings is 2. The van der Waals surface area contributed by atoms with Gasteiger partial charge in [-0.1, -0.05) is 17.7 Å². The zero-order valence-corrected chi connectivity index (χ0v) is 18.9. The zero-order chi connectivity index (χ0) is 23.7. The second kappa shape index (κ2) is 9.33. The minimum atomic E-state index is -0.739. The van der Waals surface area contributed by atoms with Crippen molar-refractivity contribution in [3.8, 4) is 11.4 Å². The number of halogens is 3. The SMILES string of the molecule is CNCC(=O)N1Cc2ccc(-n3c(C)cc(OCc4ccc(F)cc4F)c(Cl)c3=O)cc2C1. The van der Waals surface area contributed by atoms with Crippen molar-refractivity contribution >= 4 is 17.5 Å². The molecule has 2 aromatic carbocycles. The summed E-state index contributed by atoms with van der Waals surface area (Å²) in [6.45, 7) is 2.79. The number of ether oxygens (including phenoxy) is 1. The van der Waals surface area contributed by atoms with Gasteiger partial charge in [0.05, 0.1) is 6.54 Å². The minimum Gasteiger partial charge on any atom is -0.487 e. The number of nitrogens with zero attached hydrogens (tertiary/aromatic N) is 2. The molecule has 0 unspecified atom stereocenters. The van der Waals surface area contributed by atoms with E-state index >= 15 is 0 Å². The number of fused-ring (bicyclic) bond motifs is 1. The Balaban J connectivity index is 1.59. The molecule has 9 heteroatoms. The molecular formula is C24H22ClF2N3O3. The van der Waals surface area contributed by atoms with E-state index in [2.05, 4.69) is 5.32 Å². The van der Waals surface area contributed by atoms with Crippen molar-refractivity contribution in [3.05, 3.63) is 91.9 Å². The average Bonchev–Trinajstić information content (AvgIpc) is 3.20. The molecule has 0 fully saturated rings. The van der Waals surface area contributed by atoms with E-state index in [1.165, 1.54) is 10.6 Å². The number of nitrogens with one attached hydrogen (secondary N) is 1. The first-order valence-electron chi connectivity index (χ1n) is 10.3. The van der Waals surface area contributed by atoms with Crippen LogP contribution in [0.2, 0.25) is 5.02 Å². The Morgan fingerprint density at radius 3 is 2.61 bits per heavy atom. The normalized spacial score (nSPS) is 12.7. The van der Waals surface area contributed by atoms with Crippen molar-refractivity contribution in [1.29, 1.82) is 0 Å². The molecule has 4 rings (SSSR count). The van der Waals surface area contributed by atoms with Gasteiger partial charge in [0.15, 0.2) is 0 Å². The summed E-state index contributed by atoms with van der Waals surface area (Å²) in [5.41, 5.74) is 2.85. The van der Waals surface area contributed by atoms with Crippen molar-refractivity contribution in [2.24, 2.45) is 0 Å². The van der Waals surface area contributed by atoms with Crippen molar-refractivity contribution in [2.75, 3.05) is 13.6 Å². The summed E-state index contributed by atoms with van der Waals surface area (Å²) < 4.78 is 34.0. The third-order valence-corrected chi connectivity index (χ3v) is 5.90. The summed E-state index contributed by atoms with van der Waals surface area (Å²) in [5.74, 6) is -1.30. The van der Waals surface area contributed by atoms with E-state index in [4.69, 9.17) is 16.3 Å². The fraction of sp³-hybridized carbons (Fsp3) is 0.250. The number of likely N-dealkylation sites (N-methyl/N-ethyl adjacent to an activating group) is 1. The molecule has 172 valence electrons. The lowest BCUT2D eigenvalue weighted by molar-refractivity contribution is -0.130. The van der Waals surface area contributed by atoms with Gasteiger partial charge < -0.3 is 15.0 Å². The van der Waals surface area contributed by atoms with Crippen molar-refractivity contribution in [3.63, 3.8) is 0 Å². The third kappa shape index (κ3) is 4.62. The number of hydrogen-bond donors (Lipinski definition) is 1. The number of aromatic nitrogens is 1. The van der Waals surface area contributed by atoms with Crippen LogP contribution in [-0.2, 0) is 24.5 Å². The number of carbonyl (C=O) groups is 1. The first-order chi connectivity index (χ1) is 15.8. The lowest BCUT2D eigenvalue weighted by Gasteiger charge is -2.15. The fourth-order valence-electron chi connectivity index (χ4n) is 3.86.